The average Bonchev–Trinajstić information content (AvgIpc) is 1.88. The molecule has 1 aromatic heterocycles. The van der Waals surface area contributed by atoms with Gasteiger partial charge in [-0.25, -0.2) is 0 Å². The van der Waals surface area contributed by atoms with E-state index in [0.717, 1.165) is 12.0 Å². The van der Waals surface area contributed by atoms with Crippen LogP contribution < -0.4 is 4.57 Å². The van der Waals surface area contributed by atoms with Gasteiger partial charge in [-0.1, -0.05) is 13.0 Å². The summed E-state index contributed by atoms with van der Waals surface area (Å²) in [6, 6.07) is 6.14. The molecule has 0 bridgehead atoms. The van der Waals surface area contributed by atoms with Gasteiger partial charge in [0, 0.05) is 12.5 Å². The minimum absolute atomic E-state index is 1.02. The number of rotatable bonds is 1. The Hall–Kier alpha value is -1.03. The highest BCUT2D eigenvalue weighted by Gasteiger charge is 2.00. The topological polar surface area (TPSA) is 3.88 Å². The molecule has 52 valence electrons. The van der Waals surface area contributed by atoms with Gasteiger partial charge in [0.05, 0.1) is 5.56 Å². The maximum atomic E-state index is 3.09. The second-order valence-electron chi connectivity index (χ2n) is 2.47. The van der Waals surface area contributed by atoms with Crippen molar-refractivity contribution < 1.29 is 4.57 Å². The molecule has 1 aromatic rings. The van der Waals surface area contributed by atoms with Crippen molar-refractivity contribution in [3.8, 4) is 0 Å². The van der Waals surface area contributed by atoms with E-state index in [2.05, 4.69) is 29.8 Å². The van der Waals surface area contributed by atoms with E-state index >= 15 is 0 Å². The van der Waals surface area contributed by atoms with Crippen molar-refractivity contribution in [2.24, 2.45) is 7.05 Å². The number of aryl methyl sites for hydroxylation is 2. The highest BCUT2D eigenvalue weighted by molar-refractivity contribution is 4.96. The second-order valence-corrected chi connectivity index (χ2v) is 2.47. The molecule has 0 aliphatic carbocycles. The predicted octanol–water partition coefficient (Wildman–Crippen LogP) is 0.982. The Labute approximate surface area is 62.3 Å². The number of hydrogen-bond donors (Lipinski definition) is 0. The molecule has 1 nitrogen and oxygen atoms in total. The summed E-state index contributed by atoms with van der Waals surface area (Å²) < 4.78 is 2.09. The van der Waals surface area contributed by atoms with Crippen molar-refractivity contribution in [3.05, 3.63) is 29.6 Å². The average molecular weight is 134 g/mol. The molecule has 10 heavy (non-hydrogen) atoms. The van der Waals surface area contributed by atoms with E-state index in [1.807, 2.05) is 14.0 Å². The summed E-state index contributed by atoms with van der Waals surface area (Å²) in [6.45, 7) is 4.14. The number of nitrogens with zero attached hydrogens (tertiary/aromatic N) is 1. The molecule has 0 spiro atoms. The molecule has 0 aliphatic rings. The van der Waals surface area contributed by atoms with Gasteiger partial charge in [0.2, 0.25) is 5.69 Å². The fourth-order valence-corrected chi connectivity index (χ4v) is 0.997. The third-order valence-corrected chi connectivity index (χ3v) is 1.55. The normalized spacial score (nSPS) is 9.10. The zero-order valence-corrected chi connectivity index (χ0v) is 6.73. The minimum atomic E-state index is 1.02. The summed E-state index contributed by atoms with van der Waals surface area (Å²) in [5.74, 6) is 0. The lowest BCUT2D eigenvalue weighted by Gasteiger charge is -1.90. The van der Waals surface area contributed by atoms with Crippen LogP contribution in [0.2, 0.25) is 0 Å². The summed E-state index contributed by atoms with van der Waals surface area (Å²) in [7, 11) is 2.04. The smallest absolute Gasteiger partial charge is 0.197 e. The molecule has 0 aliphatic heterocycles. The van der Waals surface area contributed by atoms with Crippen LogP contribution in [0.1, 0.15) is 18.2 Å². The first-order valence-corrected chi connectivity index (χ1v) is 3.53. The highest BCUT2D eigenvalue weighted by Crippen LogP contribution is 1.88. The molecule has 0 N–H and O–H groups in total. The first-order valence-electron chi connectivity index (χ1n) is 3.53. The van der Waals surface area contributed by atoms with Gasteiger partial charge in [0.25, 0.3) is 0 Å². The maximum Gasteiger partial charge on any atom is 0.232 e. The lowest BCUT2D eigenvalue weighted by atomic mass is 10.3. The van der Waals surface area contributed by atoms with E-state index in [0.29, 0.717) is 0 Å². The Bertz CT molecular complexity index is 228. The van der Waals surface area contributed by atoms with Gasteiger partial charge < -0.3 is 0 Å². The van der Waals surface area contributed by atoms with Crippen molar-refractivity contribution in [3.63, 3.8) is 0 Å². The first-order chi connectivity index (χ1) is 4.74. The molecule has 1 heterocycles. The summed E-state index contributed by atoms with van der Waals surface area (Å²) in [6.07, 6.45) is 3.09. The van der Waals surface area contributed by atoms with Gasteiger partial charge in [0.15, 0.2) is 6.20 Å². The largest absolute Gasteiger partial charge is 0.232 e. The third-order valence-electron chi connectivity index (χ3n) is 1.55. The van der Waals surface area contributed by atoms with Crippen LogP contribution in [0.15, 0.2) is 6.20 Å². The van der Waals surface area contributed by atoms with E-state index in [9.17, 15) is 0 Å². The molecular formula is C9H12N+. The summed E-state index contributed by atoms with van der Waals surface area (Å²) in [5.41, 5.74) is 2.34. The Balaban J connectivity index is 3.07. The van der Waals surface area contributed by atoms with E-state index in [1.165, 1.54) is 5.69 Å². The van der Waals surface area contributed by atoms with Crippen molar-refractivity contribution in [2.75, 3.05) is 0 Å². The lowest BCUT2D eigenvalue weighted by Crippen LogP contribution is -2.32. The van der Waals surface area contributed by atoms with Crippen molar-refractivity contribution in [2.45, 2.75) is 20.3 Å². The van der Waals surface area contributed by atoms with Gasteiger partial charge >= 0.3 is 0 Å². The van der Waals surface area contributed by atoms with E-state index in [-0.39, 0.29) is 0 Å². The molecule has 1 rings (SSSR count). The summed E-state index contributed by atoms with van der Waals surface area (Å²) in [4.78, 5) is 0. The van der Waals surface area contributed by atoms with Crippen molar-refractivity contribution in [1.29, 1.82) is 0 Å². The molecule has 0 radical (unpaired) electrons. The molecule has 0 saturated heterocycles. The van der Waals surface area contributed by atoms with Crippen LogP contribution in [0.25, 0.3) is 0 Å². The van der Waals surface area contributed by atoms with Crippen LogP contribution in [0, 0.1) is 19.1 Å². The highest BCUT2D eigenvalue weighted by atomic mass is 14.9. The first kappa shape index (κ1) is 7.08. The van der Waals surface area contributed by atoms with E-state index in [1.54, 1.807) is 0 Å². The van der Waals surface area contributed by atoms with Gasteiger partial charge in [-0.2, -0.15) is 4.57 Å². The quantitative estimate of drug-likeness (QED) is 0.504. The van der Waals surface area contributed by atoms with Crippen LogP contribution in [-0.2, 0) is 13.5 Å². The van der Waals surface area contributed by atoms with Crippen LogP contribution in [0.5, 0.6) is 0 Å². The van der Waals surface area contributed by atoms with Crippen LogP contribution in [0.3, 0.4) is 0 Å². The van der Waals surface area contributed by atoms with Gasteiger partial charge in [0.1, 0.15) is 7.05 Å². The molecular weight excluding hydrogens is 122 g/mol. The molecule has 1 heteroatoms. The zero-order valence-electron chi connectivity index (χ0n) is 6.73. The maximum absolute atomic E-state index is 3.09. The fraction of sp³-hybridized carbons (Fsp3) is 0.444. The number of aromatic nitrogens is 1. The van der Waals surface area contributed by atoms with Gasteiger partial charge in [-0.05, 0) is 6.92 Å². The molecule has 0 atom stereocenters. The van der Waals surface area contributed by atoms with Crippen molar-refractivity contribution >= 4 is 0 Å². The summed E-state index contributed by atoms with van der Waals surface area (Å²) >= 11 is 0. The Kier molecular flexibility index (Phi) is 1.91. The molecule has 0 aromatic carbocycles. The monoisotopic (exact) mass is 134 g/mol. The van der Waals surface area contributed by atoms with Crippen molar-refractivity contribution in [1.82, 2.24) is 0 Å². The Morgan fingerprint density at radius 1 is 1.50 bits per heavy atom. The second kappa shape index (κ2) is 2.70. The van der Waals surface area contributed by atoms with Crippen LogP contribution in [-0.4, -0.2) is 0 Å². The Morgan fingerprint density at radius 3 is 2.70 bits per heavy atom. The van der Waals surface area contributed by atoms with E-state index < -0.39 is 0 Å². The predicted molar refractivity (Wildman–Crippen MR) is 39.4 cm³/mol. The van der Waals surface area contributed by atoms with E-state index in [4.69, 9.17) is 0 Å². The lowest BCUT2D eigenvalue weighted by molar-refractivity contribution is -0.679. The standard InChI is InChI=1S/C9H12N/c1-4-9-6-5-8(2)7-10(9)3/h7H,4H2,1-3H3/q+1. The minimum Gasteiger partial charge on any atom is -0.197 e. The Morgan fingerprint density at radius 2 is 2.20 bits per heavy atom. The summed E-state index contributed by atoms with van der Waals surface area (Å²) in [5, 5.41) is 0. The number of hydrogen-bond acceptors (Lipinski definition) is 0. The SMILES string of the molecule is CCc1c#cc(C)c[n+]1C. The fourth-order valence-electron chi connectivity index (χ4n) is 0.997. The molecule has 0 saturated carbocycles. The van der Waals surface area contributed by atoms with Crippen LogP contribution >= 0.6 is 0 Å². The van der Waals surface area contributed by atoms with Crippen LogP contribution in [0.4, 0.5) is 0 Å². The third kappa shape index (κ3) is 1.27. The molecule has 0 amide bonds. The molecule has 0 fully saturated rings. The zero-order chi connectivity index (χ0) is 7.56. The van der Waals surface area contributed by atoms with Gasteiger partial charge in [-0.15, -0.1) is 0 Å². The van der Waals surface area contributed by atoms with Gasteiger partial charge in [-0.3, -0.25) is 0 Å². The molecule has 0 unspecified atom stereocenters.